The van der Waals surface area contributed by atoms with Crippen LogP contribution in [-0.4, -0.2) is 13.1 Å². The van der Waals surface area contributed by atoms with Gasteiger partial charge in [0.1, 0.15) is 5.82 Å². The Kier molecular flexibility index (Phi) is 2.86. The van der Waals surface area contributed by atoms with Gasteiger partial charge in [-0.3, -0.25) is 0 Å². The molecule has 0 amide bonds. The number of esters is 1. The fourth-order valence-electron chi connectivity index (χ4n) is 1.09. The minimum absolute atomic E-state index is 0.0161. The highest BCUT2D eigenvalue weighted by molar-refractivity contribution is 5.97. The lowest BCUT2D eigenvalue weighted by Crippen LogP contribution is -2.07. The van der Waals surface area contributed by atoms with E-state index in [-0.39, 0.29) is 11.3 Å². The summed E-state index contributed by atoms with van der Waals surface area (Å²) in [5.74, 6) is -1.21. The summed E-state index contributed by atoms with van der Waals surface area (Å²) in [7, 11) is 1.21. The van der Waals surface area contributed by atoms with Crippen molar-refractivity contribution in [2.75, 3.05) is 12.8 Å². The highest BCUT2D eigenvalue weighted by Crippen LogP contribution is 2.21. The van der Waals surface area contributed by atoms with Crippen molar-refractivity contribution in [1.82, 2.24) is 0 Å². The standard InChI is InChI=1S/C10H10FNO2/c1-3-6-4-7(11)5-8(9(6)12)10(13)14-2/h3-5H,1,12H2,2H3. The Labute approximate surface area is 81.0 Å². The molecule has 4 heteroatoms. The maximum Gasteiger partial charge on any atom is 0.340 e. The quantitative estimate of drug-likeness (QED) is 0.578. The average molecular weight is 195 g/mol. The third kappa shape index (κ3) is 1.74. The first-order valence-electron chi connectivity index (χ1n) is 3.90. The normalized spacial score (nSPS) is 9.57. The van der Waals surface area contributed by atoms with Crippen molar-refractivity contribution in [1.29, 1.82) is 0 Å². The maximum atomic E-state index is 13.0. The molecule has 0 aliphatic heterocycles. The Morgan fingerprint density at radius 1 is 1.64 bits per heavy atom. The summed E-state index contributed by atoms with van der Waals surface area (Å²) < 4.78 is 17.4. The van der Waals surface area contributed by atoms with Crippen LogP contribution in [0.3, 0.4) is 0 Å². The molecular weight excluding hydrogens is 185 g/mol. The number of ether oxygens (including phenoxy) is 1. The molecule has 0 saturated heterocycles. The van der Waals surface area contributed by atoms with Crippen molar-refractivity contribution in [3.8, 4) is 0 Å². The molecule has 0 radical (unpaired) electrons. The van der Waals surface area contributed by atoms with Crippen LogP contribution in [0, 0.1) is 5.82 Å². The number of nitrogen functional groups attached to an aromatic ring is 1. The summed E-state index contributed by atoms with van der Waals surface area (Å²) in [4.78, 5) is 11.2. The molecule has 74 valence electrons. The van der Waals surface area contributed by atoms with E-state index >= 15 is 0 Å². The number of anilines is 1. The first kappa shape index (κ1) is 10.2. The van der Waals surface area contributed by atoms with Gasteiger partial charge < -0.3 is 10.5 Å². The molecule has 1 aromatic rings. The van der Waals surface area contributed by atoms with E-state index in [9.17, 15) is 9.18 Å². The summed E-state index contributed by atoms with van der Waals surface area (Å²) in [6, 6.07) is 2.24. The molecule has 1 rings (SSSR count). The third-order valence-electron chi connectivity index (χ3n) is 1.80. The Hall–Kier alpha value is -1.84. The molecule has 0 unspecified atom stereocenters. The van der Waals surface area contributed by atoms with E-state index in [4.69, 9.17) is 5.73 Å². The third-order valence-corrected chi connectivity index (χ3v) is 1.80. The molecule has 2 N–H and O–H groups in total. The summed E-state index contributed by atoms with van der Waals surface area (Å²) >= 11 is 0. The van der Waals surface area contributed by atoms with Gasteiger partial charge >= 0.3 is 5.97 Å². The Morgan fingerprint density at radius 2 is 2.29 bits per heavy atom. The van der Waals surface area contributed by atoms with Gasteiger partial charge in [0.05, 0.1) is 18.4 Å². The Morgan fingerprint density at radius 3 is 2.79 bits per heavy atom. The first-order chi connectivity index (χ1) is 6.60. The molecule has 14 heavy (non-hydrogen) atoms. The van der Waals surface area contributed by atoms with Crippen LogP contribution in [0.4, 0.5) is 10.1 Å². The number of hydrogen-bond acceptors (Lipinski definition) is 3. The van der Waals surface area contributed by atoms with Crippen molar-refractivity contribution >= 4 is 17.7 Å². The lowest BCUT2D eigenvalue weighted by atomic mass is 10.1. The van der Waals surface area contributed by atoms with Crippen LogP contribution in [0.25, 0.3) is 6.08 Å². The highest BCUT2D eigenvalue weighted by Gasteiger charge is 2.13. The van der Waals surface area contributed by atoms with E-state index in [0.29, 0.717) is 5.56 Å². The molecule has 0 aliphatic carbocycles. The van der Waals surface area contributed by atoms with E-state index < -0.39 is 11.8 Å². The number of methoxy groups -OCH3 is 1. The molecule has 0 bridgehead atoms. The van der Waals surface area contributed by atoms with Crippen LogP contribution in [0.5, 0.6) is 0 Å². The number of carbonyl (C=O) groups excluding carboxylic acids is 1. The second kappa shape index (κ2) is 3.91. The molecule has 0 heterocycles. The molecule has 0 aliphatic rings. The zero-order valence-corrected chi connectivity index (χ0v) is 7.71. The number of hydrogen-bond donors (Lipinski definition) is 1. The molecule has 0 aromatic heterocycles. The summed E-state index contributed by atoms with van der Waals surface area (Å²) in [5, 5.41) is 0. The highest BCUT2D eigenvalue weighted by atomic mass is 19.1. The maximum absolute atomic E-state index is 13.0. The summed E-state index contributed by atoms with van der Waals surface area (Å²) in [6.07, 6.45) is 1.38. The van der Waals surface area contributed by atoms with Crippen molar-refractivity contribution in [2.24, 2.45) is 0 Å². The molecule has 0 atom stereocenters. The van der Waals surface area contributed by atoms with Gasteiger partial charge in [0.15, 0.2) is 0 Å². The minimum Gasteiger partial charge on any atom is -0.465 e. The van der Waals surface area contributed by atoms with Crippen molar-refractivity contribution in [3.63, 3.8) is 0 Å². The van der Waals surface area contributed by atoms with Crippen LogP contribution in [0.1, 0.15) is 15.9 Å². The Balaban J connectivity index is 3.36. The number of carbonyl (C=O) groups is 1. The monoisotopic (exact) mass is 195 g/mol. The van der Waals surface area contributed by atoms with Crippen LogP contribution >= 0.6 is 0 Å². The fraction of sp³-hybridized carbons (Fsp3) is 0.100. The van der Waals surface area contributed by atoms with E-state index in [1.165, 1.54) is 19.3 Å². The molecule has 0 spiro atoms. The molecule has 1 aromatic carbocycles. The van der Waals surface area contributed by atoms with E-state index in [0.717, 1.165) is 6.07 Å². The van der Waals surface area contributed by atoms with Crippen LogP contribution in [0.15, 0.2) is 18.7 Å². The van der Waals surface area contributed by atoms with Crippen molar-refractivity contribution in [2.45, 2.75) is 0 Å². The second-order valence-electron chi connectivity index (χ2n) is 2.65. The fourth-order valence-corrected chi connectivity index (χ4v) is 1.09. The van der Waals surface area contributed by atoms with Gasteiger partial charge in [0.2, 0.25) is 0 Å². The number of nitrogens with two attached hydrogens (primary N) is 1. The van der Waals surface area contributed by atoms with Gasteiger partial charge in [-0.2, -0.15) is 0 Å². The lowest BCUT2D eigenvalue weighted by Gasteiger charge is -2.06. The predicted octanol–water partition coefficient (Wildman–Crippen LogP) is 1.84. The Bertz CT molecular complexity index is 388. The van der Waals surface area contributed by atoms with Gasteiger partial charge in [-0.25, -0.2) is 9.18 Å². The summed E-state index contributed by atoms with van der Waals surface area (Å²) in [5.41, 5.74) is 6.17. The molecule has 0 fully saturated rings. The molecule has 0 saturated carbocycles. The number of rotatable bonds is 2. The number of halogens is 1. The van der Waals surface area contributed by atoms with Gasteiger partial charge in [-0.15, -0.1) is 0 Å². The van der Waals surface area contributed by atoms with Crippen molar-refractivity contribution in [3.05, 3.63) is 35.7 Å². The van der Waals surface area contributed by atoms with Crippen LogP contribution in [0.2, 0.25) is 0 Å². The molecule has 3 nitrogen and oxygen atoms in total. The van der Waals surface area contributed by atoms with Gasteiger partial charge in [0, 0.05) is 5.56 Å². The second-order valence-corrected chi connectivity index (χ2v) is 2.65. The van der Waals surface area contributed by atoms with Gasteiger partial charge in [-0.05, 0) is 12.1 Å². The lowest BCUT2D eigenvalue weighted by molar-refractivity contribution is 0.0601. The van der Waals surface area contributed by atoms with Crippen LogP contribution < -0.4 is 5.73 Å². The average Bonchev–Trinajstić information content (AvgIpc) is 2.19. The van der Waals surface area contributed by atoms with E-state index in [1.807, 2.05) is 0 Å². The topological polar surface area (TPSA) is 52.3 Å². The first-order valence-corrected chi connectivity index (χ1v) is 3.90. The number of benzene rings is 1. The van der Waals surface area contributed by atoms with E-state index in [2.05, 4.69) is 11.3 Å². The van der Waals surface area contributed by atoms with Gasteiger partial charge in [0.25, 0.3) is 0 Å². The van der Waals surface area contributed by atoms with Gasteiger partial charge in [-0.1, -0.05) is 12.7 Å². The zero-order chi connectivity index (χ0) is 10.7. The largest absolute Gasteiger partial charge is 0.465 e. The summed E-state index contributed by atoms with van der Waals surface area (Å²) in [6.45, 7) is 3.46. The smallest absolute Gasteiger partial charge is 0.340 e. The zero-order valence-electron chi connectivity index (χ0n) is 7.71. The predicted molar refractivity (Wildman–Crippen MR) is 52.2 cm³/mol. The van der Waals surface area contributed by atoms with Crippen molar-refractivity contribution < 1.29 is 13.9 Å². The van der Waals surface area contributed by atoms with E-state index in [1.54, 1.807) is 0 Å². The SMILES string of the molecule is C=Cc1cc(F)cc(C(=O)OC)c1N. The van der Waals surface area contributed by atoms with Crippen LogP contribution in [-0.2, 0) is 4.74 Å². The minimum atomic E-state index is -0.662. The molecular formula is C10H10FNO2.